The molecule has 0 aliphatic heterocycles. The molecule has 0 aliphatic rings. The molecular weight excluding hydrogens is 893 g/mol. The molecule has 0 bridgehead atoms. The number of alkyl carbamates (subject to hydrolysis) is 2. The maximum atomic E-state index is 14.3. The zero-order valence-electron chi connectivity index (χ0n) is 41.1. The van der Waals surface area contributed by atoms with Crippen LogP contribution in [0, 0.1) is 11.8 Å². The number of carbonyl (C=O) groups excluding carboxylic acids is 6. The minimum absolute atomic E-state index is 0.00133. The zero-order chi connectivity index (χ0) is 51.0. The average molecular weight is 965 g/mol. The molecule has 0 fully saturated rings. The Morgan fingerprint density at radius 1 is 0.429 bits per heavy atom. The first kappa shape index (κ1) is 55.8. The Labute approximate surface area is 412 Å². The van der Waals surface area contributed by atoms with Crippen LogP contribution >= 0.6 is 0 Å². The maximum absolute atomic E-state index is 14.3. The highest BCUT2D eigenvalue weighted by atomic mass is 16.6. The van der Waals surface area contributed by atoms with Crippen LogP contribution in [-0.2, 0) is 54.7 Å². The molecule has 0 spiro atoms. The van der Waals surface area contributed by atoms with Crippen molar-refractivity contribution < 1.29 is 48.5 Å². The van der Waals surface area contributed by atoms with Gasteiger partial charge < -0.3 is 51.6 Å². The fourth-order valence-electron chi connectivity index (χ4n) is 7.78. The van der Waals surface area contributed by atoms with E-state index in [0.717, 1.165) is 22.3 Å². The van der Waals surface area contributed by atoms with E-state index in [2.05, 4.69) is 31.9 Å². The van der Waals surface area contributed by atoms with Gasteiger partial charge in [0.2, 0.25) is 23.6 Å². The molecular formula is C54H72N6O10. The third kappa shape index (κ3) is 18.6. The first-order valence-corrected chi connectivity index (χ1v) is 24.2. The number of benzene rings is 4. The molecule has 70 heavy (non-hydrogen) atoms. The Morgan fingerprint density at radius 3 is 1.01 bits per heavy atom. The lowest BCUT2D eigenvalue weighted by atomic mass is 9.90. The van der Waals surface area contributed by atoms with Gasteiger partial charge in [-0.15, -0.1) is 0 Å². The number of nitrogens with one attached hydrogen (secondary N) is 6. The van der Waals surface area contributed by atoms with Crippen molar-refractivity contribution in [3.8, 4) is 0 Å². The van der Waals surface area contributed by atoms with E-state index >= 15 is 0 Å². The fourth-order valence-corrected chi connectivity index (χ4v) is 7.78. The molecule has 0 radical (unpaired) electrons. The van der Waals surface area contributed by atoms with Gasteiger partial charge in [0.15, 0.2) is 0 Å². The molecule has 0 saturated carbocycles. The fraction of sp³-hybridized carbons (Fsp3) is 0.444. The van der Waals surface area contributed by atoms with Gasteiger partial charge in [0.05, 0.1) is 12.1 Å². The number of hydrogen-bond acceptors (Lipinski definition) is 10. The first-order chi connectivity index (χ1) is 33.6. The second kappa shape index (κ2) is 29.3. The van der Waals surface area contributed by atoms with Crippen LogP contribution < -0.4 is 31.9 Å². The third-order valence-corrected chi connectivity index (χ3v) is 11.7. The van der Waals surface area contributed by atoms with Crippen LogP contribution in [-0.4, -0.2) is 94.5 Å². The molecule has 378 valence electrons. The van der Waals surface area contributed by atoms with Gasteiger partial charge in [-0.05, 0) is 59.8 Å². The van der Waals surface area contributed by atoms with Crippen LogP contribution in [0.3, 0.4) is 0 Å². The van der Waals surface area contributed by atoms with Crippen molar-refractivity contribution in [2.75, 3.05) is 0 Å². The number of ether oxygens (including phenoxy) is 2. The van der Waals surface area contributed by atoms with Gasteiger partial charge in [0.25, 0.3) is 0 Å². The Bertz CT molecular complexity index is 2060. The average Bonchev–Trinajstić information content (AvgIpc) is 3.35. The summed E-state index contributed by atoms with van der Waals surface area (Å²) in [5.74, 6) is -3.44. The number of aliphatic hydroxyl groups is 2. The molecule has 16 heteroatoms. The van der Waals surface area contributed by atoms with Crippen LogP contribution in [0.15, 0.2) is 121 Å². The number of hydrogen-bond donors (Lipinski definition) is 8. The number of carbonyl (C=O) groups is 6. The summed E-state index contributed by atoms with van der Waals surface area (Å²) >= 11 is 0. The van der Waals surface area contributed by atoms with Gasteiger partial charge in [-0.3, -0.25) is 19.2 Å². The van der Waals surface area contributed by atoms with E-state index in [1.165, 1.54) is 0 Å². The normalized spacial score (nSPS) is 14.6. The van der Waals surface area contributed by atoms with Gasteiger partial charge in [0, 0.05) is 0 Å². The second-order valence-electron chi connectivity index (χ2n) is 18.1. The summed E-state index contributed by atoms with van der Waals surface area (Å²) in [7, 11) is 0. The second-order valence-corrected chi connectivity index (χ2v) is 18.1. The van der Waals surface area contributed by atoms with Gasteiger partial charge in [-0.2, -0.15) is 0 Å². The lowest BCUT2D eigenvalue weighted by molar-refractivity contribution is -0.133. The largest absolute Gasteiger partial charge is 0.445 e. The van der Waals surface area contributed by atoms with Crippen molar-refractivity contribution in [1.82, 2.24) is 31.9 Å². The zero-order valence-corrected chi connectivity index (χ0v) is 41.1. The predicted molar refractivity (Wildman–Crippen MR) is 267 cm³/mol. The summed E-state index contributed by atoms with van der Waals surface area (Å²) in [6, 6.07) is 29.6. The molecule has 0 saturated heterocycles. The molecule has 16 nitrogen and oxygen atoms in total. The monoisotopic (exact) mass is 965 g/mol. The molecule has 0 aliphatic carbocycles. The van der Waals surface area contributed by atoms with Gasteiger partial charge >= 0.3 is 12.2 Å². The summed E-state index contributed by atoms with van der Waals surface area (Å²) in [5, 5.41) is 41.0. The highest BCUT2D eigenvalue weighted by Gasteiger charge is 2.38. The van der Waals surface area contributed by atoms with Gasteiger partial charge in [0.1, 0.15) is 49.6 Å². The minimum atomic E-state index is -1.69. The molecule has 0 heterocycles. The van der Waals surface area contributed by atoms with E-state index in [9.17, 15) is 39.0 Å². The van der Waals surface area contributed by atoms with E-state index in [1.807, 2.05) is 62.4 Å². The molecule has 6 amide bonds. The van der Waals surface area contributed by atoms with E-state index in [1.54, 1.807) is 100 Å². The molecule has 0 unspecified atom stereocenters. The number of amides is 6. The van der Waals surface area contributed by atoms with Crippen molar-refractivity contribution in [3.63, 3.8) is 0 Å². The third-order valence-electron chi connectivity index (χ3n) is 11.7. The lowest BCUT2D eigenvalue weighted by Crippen LogP contribution is -2.62. The topological polar surface area (TPSA) is 234 Å². The predicted octanol–water partition coefficient (Wildman–Crippen LogP) is 5.64. The molecule has 8 N–H and O–H groups in total. The quantitative estimate of drug-likeness (QED) is 0.0367. The summed E-state index contributed by atoms with van der Waals surface area (Å²) < 4.78 is 10.7. The summed E-state index contributed by atoms with van der Waals surface area (Å²) in [4.78, 5) is 81.8. The van der Waals surface area contributed by atoms with Crippen molar-refractivity contribution in [3.05, 3.63) is 144 Å². The summed E-state index contributed by atoms with van der Waals surface area (Å²) in [6.45, 7) is 10.7. The van der Waals surface area contributed by atoms with Crippen LogP contribution in [0.25, 0.3) is 0 Å². The first-order valence-electron chi connectivity index (χ1n) is 24.2. The van der Waals surface area contributed by atoms with Crippen LogP contribution in [0.4, 0.5) is 9.59 Å². The lowest BCUT2D eigenvalue weighted by Gasteiger charge is -2.35. The highest BCUT2D eigenvalue weighted by molar-refractivity contribution is 5.92. The SMILES string of the molecule is CCC[C@H](NC(=O)OCc1ccccc1)C(=O)N[C@H](C(=O)N[C@@H](Cc1ccccc1)[C@@H](O)[C@H](O)[C@H](Cc1ccccc1)NC(=O)[C@@H](NC(=O)[C@H](CCC)NC(=O)OCc1ccccc1)C(C)C)C(C)C. The number of rotatable bonds is 27. The summed E-state index contributed by atoms with van der Waals surface area (Å²) in [5.41, 5.74) is 2.98. The van der Waals surface area contributed by atoms with Crippen molar-refractivity contribution in [2.45, 2.75) is 142 Å². The van der Waals surface area contributed by atoms with E-state index in [-0.39, 0.29) is 38.9 Å². The van der Waals surface area contributed by atoms with Crippen molar-refractivity contribution in [2.24, 2.45) is 11.8 Å². The Morgan fingerprint density at radius 2 is 0.729 bits per heavy atom. The van der Waals surface area contributed by atoms with Crippen LogP contribution in [0.2, 0.25) is 0 Å². The van der Waals surface area contributed by atoms with Crippen molar-refractivity contribution >= 4 is 35.8 Å². The number of aliphatic hydroxyl groups excluding tert-OH is 2. The van der Waals surface area contributed by atoms with Crippen molar-refractivity contribution in [1.29, 1.82) is 0 Å². The van der Waals surface area contributed by atoms with Gasteiger partial charge in [-0.1, -0.05) is 176 Å². The van der Waals surface area contributed by atoms with E-state index in [0.29, 0.717) is 12.8 Å². The molecule has 0 aromatic heterocycles. The minimum Gasteiger partial charge on any atom is -0.445 e. The van der Waals surface area contributed by atoms with Gasteiger partial charge in [-0.25, -0.2) is 9.59 Å². The van der Waals surface area contributed by atoms with Crippen LogP contribution in [0.1, 0.15) is 89.5 Å². The maximum Gasteiger partial charge on any atom is 0.408 e. The molecule has 4 aromatic rings. The molecule has 4 aromatic carbocycles. The summed E-state index contributed by atoms with van der Waals surface area (Å²) in [6.07, 6.45) is -3.29. The highest BCUT2D eigenvalue weighted by Crippen LogP contribution is 2.18. The molecule has 4 rings (SSSR count). The Balaban J connectivity index is 1.54. The Hall–Kier alpha value is -6.78. The van der Waals surface area contributed by atoms with Crippen LogP contribution in [0.5, 0.6) is 0 Å². The van der Waals surface area contributed by atoms with E-state index in [4.69, 9.17) is 9.47 Å². The standard InChI is InChI=1S/C54H72N6O10/c1-7-21-41(57-53(67)69-33-39-27-17-11-18-28-39)49(63)59-45(35(3)4)51(65)55-43(31-37-23-13-9-14-24-37)47(61)48(62)44(32-38-25-15-10-16-26-38)56-52(66)46(36(5)6)60-50(64)42(22-8-2)58-54(68)70-34-40-29-19-12-20-30-40/h9-20,23-30,35-36,41-48,61-62H,7-8,21-22,31-34H2,1-6H3,(H,55,65)(H,56,66)(H,57,67)(H,58,68)(H,59,63)(H,60,64)/t41-,42-,43-,44-,45-,46-,47+,48+/m0/s1. The smallest absolute Gasteiger partial charge is 0.408 e. The molecule has 8 atom stereocenters. The Kier molecular flexibility index (Phi) is 23.4. The van der Waals surface area contributed by atoms with E-state index < -0.39 is 96.1 Å².